The Morgan fingerprint density at radius 1 is 0.824 bits per heavy atom. The zero-order valence-electron chi connectivity index (χ0n) is 11.2. The molecule has 0 spiro atoms. The second-order valence-electron chi connectivity index (χ2n) is 6.17. The zero-order chi connectivity index (χ0) is 11.9. The number of rotatable bonds is 5. The minimum atomic E-state index is -0.00603. The molecule has 0 heterocycles. The summed E-state index contributed by atoms with van der Waals surface area (Å²) in [5.74, 6) is 1.83. The van der Waals surface area contributed by atoms with E-state index < -0.39 is 0 Å². The highest BCUT2D eigenvalue weighted by molar-refractivity contribution is 4.73. The van der Waals surface area contributed by atoms with Crippen molar-refractivity contribution in [1.29, 1.82) is 0 Å². The van der Waals surface area contributed by atoms with Crippen LogP contribution in [0.2, 0.25) is 0 Å². The van der Waals surface area contributed by atoms with Crippen molar-refractivity contribution in [2.45, 2.75) is 70.3 Å². The second-order valence-corrected chi connectivity index (χ2v) is 6.17. The van der Waals surface area contributed by atoms with Crippen LogP contribution >= 0.6 is 0 Å². The summed E-state index contributed by atoms with van der Waals surface area (Å²) in [6.45, 7) is 2.39. The largest absolute Gasteiger partial charge is 0.393 e. The van der Waals surface area contributed by atoms with E-state index in [1.54, 1.807) is 0 Å². The summed E-state index contributed by atoms with van der Waals surface area (Å²) >= 11 is 0. The third-order valence-corrected chi connectivity index (χ3v) is 4.70. The maximum atomic E-state index is 9.45. The highest BCUT2D eigenvalue weighted by Crippen LogP contribution is 2.26. The van der Waals surface area contributed by atoms with Gasteiger partial charge >= 0.3 is 0 Å². The number of hydrogen-bond donors (Lipinski definition) is 2. The lowest BCUT2D eigenvalue weighted by Gasteiger charge is -2.26. The molecule has 0 atom stereocenters. The maximum Gasteiger partial charge on any atom is 0.0540 e. The highest BCUT2D eigenvalue weighted by Gasteiger charge is 2.19. The molecule has 0 aliphatic heterocycles. The Kier molecular flexibility index (Phi) is 5.79. The van der Waals surface area contributed by atoms with Gasteiger partial charge in [0.25, 0.3) is 0 Å². The molecule has 2 aliphatic rings. The molecule has 2 N–H and O–H groups in total. The van der Waals surface area contributed by atoms with Gasteiger partial charge < -0.3 is 10.4 Å². The van der Waals surface area contributed by atoms with E-state index in [4.69, 9.17) is 0 Å². The van der Waals surface area contributed by atoms with Gasteiger partial charge in [0.2, 0.25) is 0 Å². The Labute approximate surface area is 106 Å². The molecular formula is C15H29NO. The maximum absolute atomic E-state index is 9.45. The van der Waals surface area contributed by atoms with Crippen LogP contribution < -0.4 is 5.32 Å². The van der Waals surface area contributed by atoms with Crippen molar-refractivity contribution in [3.63, 3.8) is 0 Å². The van der Waals surface area contributed by atoms with Crippen LogP contribution in [0, 0.1) is 11.8 Å². The number of nitrogens with one attached hydrogen (secondary N) is 1. The summed E-state index contributed by atoms with van der Waals surface area (Å²) < 4.78 is 0. The molecule has 2 aliphatic carbocycles. The number of aliphatic hydroxyl groups excluding tert-OH is 1. The molecule has 0 aromatic heterocycles. The number of hydrogen-bond acceptors (Lipinski definition) is 2. The summed E-state index contributed by atoms with van der Waals surface area (Å²) in [4.78, 5) is 0. The van der Waals surface area contributed by atoms with E-state index in [0.717, 1.165) is 24.7 Å². The third kappa shape index (κ3) is 4.97. The smallest absolute Gasteiger partial charge is 0.0540 e. The van der Waals surface area contributed by atoms with Crippen LogP contribution in [0.3, 0.4) is 0 Å². The van der Waals surface area contributed by atoms with Crippen LogP contribution in [0.5, 0.6) is 0 Å². The second kappa shape index (κ2) is 7.38. The zero-order valence-corrected chi connectivity index (χ0v) is 11.2. The van der Waals surface area contributed by atoms with Gasteiger partial charge in [-0.1, -0.05) is 32.1 Å². The van der Waals surface area contributed by atoms with E-state index in [-0.39, 0.29) is 6.10 Å². The molecule has 0 bridgehead atoms. The van der Waals surface area contributed by atoms with Crippen molar-refractivity contribution in [3.8, 4) is 0 Å². The fourth-order valence-corrected chi connectivity index (χ4v) is 3.44. The summed E-state index contributed by atoms with van der Waals surface area (Å²) in [6, 6.07) is 0. The average Bonchev–Trinajstić information content (AvgIpc) is 2.38. The van der Waals surface area contributed by atoms with E-state index >= 15 is 0 Å². The standard InChI is InChI=1S/C15H29NO/c17-15-8-6-14(7-9-15)12-16-11-10-13-4-2-1-3-5-13/h13-17H,1-12H2. The molecule has 2 saturated carbocycles. The summed E-state index contributed by atoms with van der Waals surface area (Å²) in [5, 5.41) is 13.1. The molecule has 2 nitrogen and oxygen atoms in total. The van der Waals surface area contributed by atoms with Crippen LogP contribution in [0.4, 0.5) is 0 Å². The molecule has 100 valence electrons. The van der Waals surface area contributed by atoms with Crippen molar-refractivity contribution in [2.75, 3.05) is 13.1 Å². The van der Waals surface area contributed by atoms with Gasteiger partial charge in [-0.15, -0.1) is 0 Å². The van der Waals surface area contributed by atoms with Crippen molar-refractivity contribution in [3.05, 3.63) is 0 Å². The van der Waals surface area contributed by atoms with Crippen molar-refractivity contribution in [1.82, 2.24) is 5.32 Å². The minimum absolute atomic E-state index is 0.00603. The van der Waals surface area contributed by atoms with Crippen LogP contribution in [-0.2, 0) is 0 Å². The normalized spacial score (nSPS) is 31.6. The summed E-state index contributed by atoms with van der Waals surface area (Å²) in [5.41, 5.74) is 0. The van der Waals surface area contributed by atoms with Gasteiger partial charge in [0.15, 0.2) is 0 Å². The van der Waals surface area contributed by atoms with E-state index in [1.807, 2.05) is 0 Å². The van der Waals surface area contributed by atoms with Gasteiger partial charge in [0, 0.05) is 0 Å². The lowest BCUT2D eigenvalue weighted by Crippen LogP contribution is -2.29. The Hall–Kier alpha value is -0.0800. The molecule has 17 heavy (non-hydrogen) atoms. The molecule has 2 heteroatoms. The van der Waals surface area contributed by atoms with Gasteiger partial charge in [-0.2, -0.15) is 0 Å². The predicted molar refractivity (Wildman–Crippen MR) is 72.0 cm³/mol. The van der Waals surface area contributed by atoms with Crippen LogP contribution in [0.15, 0.2) is 0 Å². The van der Waals surface area contributed by atoms with Crippen molar-refractivity contribution in [2.24, 2.45) is 11.8 Å². The van der Waals surface area contributed by atoms with Gasteiger partial charge in [-0.25, -0.2) is 0 Å². The first kappa shape index (κ1) is 13.4. The first-order valence-corrected chi connectivity index (χ1v) is 7.73. The quantitative estimate of drug-likeness (QED) is 0.723. The van der Waals surface area contributed by atoms with Gasteiger partial charge in [0.05, 0.1) is 6.10 Å². The molecule has 0 radical (unpaired) electrons. The summed E-state index contributed by atoms with van der Waals surface area (Å²) in [6.07, 6.45) is 13.2. The predicted octanol–water partition coefficient (Wildman–Crippen LogP) is 3.10. The molecule has 0 aromatic carbocycles. The van der Waals surface area contributed by atoms with E-state index in [9.17, 15) is 5.11 Å². The summed E-state index contributed by atoms with van der Waals surface area (Å²) in [7, 11) is 0. The monoisotopic (exact) mass is 239 g/mol. The van der Waals surface area contributed by atoms with Gasteiger partial charge in [0.1, 0.15) is 0 Å². The van der Waals surface area contributed by atoms with Gasteiger partial charge in [-0.3, -0.25) is 0 Å². The Morgan fingerprint density at radius 3 is 2.24 bits per heavy atom. The van der Waals surface area contributed by atoms with Crippen molar-refractivity contribution >= 4 is 0 Å². The first-order chi connectivity index (χ1) is 8.34. The van der Waals surface area contributed by atoms with Crippen LogP contribution in [0.25, 0.3) is 0 Å². The molecule has 2 fully saturated rings. The Bertz CT molecular complexity index is 193. The topological polar surface area (TPSA) is 32.3 Å². The first-order valence-electron chi connectivity index (χ1n) is 7.73. The lowest BCUT2D eigenvalue weighted by molar-refractivity contribution is 0.108. The minimum Gasteiger partial charge on any atom is -0.393 e. The lowest BCUT2D eigenvalue weighted by atomic mass is 9.86. The average molecular weight is 239 g/mol. The van der Waals surface area contributed by atoms with E-state index in [0.29, 0.717) is 0 Å². The molecule has 0 aromatic rings. The SMILES string of the molecule is OC1CCC(CNCCC2CCCCC2)CC1. The fraction of sp³-hybridized carbons (Fsp3) is 1.00. The Balaban J connectivity index is 1.48. The Morgan fingerprint density at radius 2 is 1.53 bits per heavy atom. The number of aliphatic hydroxyl groups is 1. The fourth-order valence-electron chi connectivity index (χ4n) is 3.44. The molecule has 2 rings (SSSR count). The molecule has 0 saturated heterocycles. The molecular weight excluding hydrogens is 210 g/mol. The van der Waals surface area contributed by atoms with Crippen molar-refractivity contribution < 1.29 is 5.11 Å². The molecule has 0 amide bonds. The highest BCUT2D eigenvalue weighted by atomic mass is 16.3. The van der Waals surface area contributed by atoms with Crippen LogP contribution in [-0.4, -0.2) is 24.3 Å². The third-order valence-electron chi connectivity index (χ3n) is 4.70. The van der Waals surface area contributed by atoms with E-state index in [1.165, 1.54) is 64.5 Å². The molecule has 0 unspecified atom stereocenters. The van der Waals surface area contributed by atoms with Gasteiger partial charge in [-0.05, 0) is 57.0 Å². The van der Waals surface area contributed by atoms with Crippen LogP contribution in [0.1, 0.15) is 64.2 Å². The van der Waals surface area contributed by atoms with E-state index in [2.05, 4.69) is 5.32 Å².